The van der Waals surface area contributed by atoms with E-state index in [9.17, 15) is 12.8 Å². The van der Waals surface area contributed by atoms with Crippen molar-refractivity contribution in [3.8, 4) is 0 Å². The average molecular weight is 220 g/mol. The first kappa shape index (κ1) is 11.0. The monoisotopic (exact) mass is 220 g/mol. The summed E-state index contributed by atoms with van der Waals surface area (Å²) in [6.07, 6.45) is 1.89. The zero-order chi connectivity index (χ0) is 10.8. The summed E-state index contributed by atoms with van der Waals surface area (Å²) in [7, 11) is -4.06. The maximum Gasteiger partial charge on any atom is 0.265 e. The molecule has 5 nitrogen and oxygen atoms in total. The van der Waals surface area contributed by atoms with Gasteiger partial charge in [0, 0.05) is 5.92 Å². The largest absolute Gasteiger partial charge is 0.286 e. The fourth-order valence-corrected chi connectivity index (χ4v) is 1.75. The third-order valence-corrected chi connectivity index (χ3v) is 2.46. The van der Waals surface area contributed by atoms with Crippen LogP contribution in [0.3, 0.4) is 0 Å². The summed E-state index contributed by atoms with van der Waals surface area (Å²) >= 11 is 0. The Labute approximate surface area is 80.8 Å². The van der Waals surface area contributed by atoms with Crippen LogP contribution in [0.15, 0.2) is 12.4 Å². The minimum Gasteiger partial charge on any atom is -0.286 e. The van der Waals surface area contributed by atoms with Crippen LogP contribution in [0.25, 0.3) is 0 Å². The Balaban J connectivity index is 2.80. The molecule has 0 bridgehead atoms. The Kier molecular flexibility index (Phi) is 3.12. The molecule has 0 saturated heterocycles. The van der Waals surface area contributed by atoms with E-state index in [1.54, 1.807) is 0 Å². The van der Waals surface area contributed by atoms with Gasteiger partial charge < -0.3 is 0 Å². The van der Waals surface area contributed by atoms with Gasteiger partial charge in [-0.25, -0.2) is 14.4 Å². The summed E-state index contributed by atoms with van der Waals surface area (Å²) in [5.74, 6) is -1.44. The van der Waals surface area contributed by atoms with Gasteiger partial charge in [0.05, 0.1) is 18.1 Å². The molecule has 0 spiro atoms. The number of hydrogen-bond acceptors (Lipinski definition) is 4. The molecule has 0 aromatic carbocycles. The van der Waals surface area contributed by atoms with E-state index in [1.165, 1.54) is 6.92 Å². The molecular weight excluding hydrogens is 211 g/mol. The van der Waals surface area contributed by atoms with Crippen LogP contribution in [0, 0.1) is 5.82 Å². The van der Waals surface area contributed by atoms with Gasteiger partial charge >= 0.3 is 0 Å². The topological polar surface area (TPSA) is 80.2 Å². The molecule has 1 aromatic heterocycles. The molecule has 0 radical (unpaired) electrons. The van der Waals surface area contributed by atoms with Crippen molar-refractivity contribution in [3.05, 3.63) is 24.0 Å². The molecular formula is C7H9FN2O3S. The van der Waals surface area contributed by atoms with Crippen molar-refractivity contribution in [2.45, 2.75) is 12.8 Å². The van der Waals surface area contributed by atoms with Crippen LogP contribution in [0.5, 0.6) is 0 Å². The number of hydrogen-bond donors (Lipinski definition) is 1. The van der Waals surface area contributed by atoms with E-state index in [0.29, 0.717) is 0 Å². The summed E-state index contributed by atoms with van der Waals surface area (Å²) in [5, 5.41) is 0. The van der Waals surface area contributed by atoms with E-state index in [0.717, 1.165) is 12.4 Å². The van der Waals surface area contributed by atoms with E-state index in [1.807, 2.05) is 0 Å². The van der Waals surface area contributed by atoms with Crippen molar-refractivity contribution in [2.24, 2.45) is 0 Å². The third kappa shape index (κ3) is 3.35. The van der Waals surface area contributed by atoms with Gasteiger partial charge in [-0.2, -0.15) is 8.42 Å². The summed E-state index contributed by atoms with van der Waals surface area (Å²) < 4.78 is 42.0. The second-order valence-electron chi connectivity index (χ2n) is 2.91. The first-order valence-electron chi connectivity index (χ1n) is 3.81. The van der Waals surface area contributed by atoms with Gasteiger partial charge in [-0.3, -0.25) is 4.55 Å². The van der Waals surface area contributed by atoms with Crippen LogP contribution in [0.4, 0.5) is 4.39 Å². The molecule has 0 saturated carbocycles. The van der Waals surface area contributed by atoms with E-state index < -0.39 is 27.6 Å². The molecule has 78 valence electrons. The molecule has 7 heteroatoms. The second kappa shape index (κ2) is 3.97. The Morgan fingerprint density at radius 2 is 2.00 bits per heavy atom. The van der Waals surface area contributed by atoms with Crippen LogP contribution < -0.4 is 0 Å². The predicted octanol–water partition coefficient (Wildman–Crippen LogP) is 0.607. The smallest absolute Gasteiger partial charge is 0.265 e. The quantitative estimate of drug-likeness (QED) is 0.755. The molecule has 1 aromatic rings. The lowest BCUT2D eigenvalue weighted by Crippen LogP contribution is -2.13. The minimum atomic E-state index is -4.06. The molecule has 1 rings (SSSR count). The zero-order valence-corrected chi connectivity index (χ0v) is 8.20. The molecule has 0 aliphatic rings. The first-order valence-corrected chi connectivity index (χ1v) is 5.42. The lowest BCUT2D eigenvalue weighted by atomic mass is 10.2. The highest BCUT2D eigenvalue weighted by Crippen LogP contribution is 2.11. The molecule has 0 aliphatic heterocycles. The van der Waals surface area contributed by atoms with Crippen molar-refractivity contribution in [1.82, 2.24) is 9.97 Å². The Morgan fingerprint density at radius 1 is 1.50 bits per heavy atom. The van der Waals surface area contributed by atoms with Gasteiger partial charge in [0.1, 0.15) is 5.82 Å². The summed E-state index contributed by atoms with van der Waals surface area (Å²) in [6, 6.07) is 0. The zero-order valence-electron chi connectivity index (χ0n) is 7.38. The highest BCUT2D eigenvalue weighted by atomic mass is 32.2. The van der Waals surface area contributed by atoms with Gasteiger partial charge in [-0.15, -0.1) is 0 Å². The van der Waals surface area contributed by atoms with Crippen LogP contribution in [0.1, 0.15) is 18.7 Å². The fourth-order valence-electron chi connectivity index (χ4n) is 0.967. The van der Waals surface area contributed by atoms with E-state index in [-0.39, 0.29) is 5.82 Å². The van der Waals surface area contributed by atoms with E-state index >= 15 is 0 Å². The van der Waals surface area contributed by atoms with Gasteiger partial charge in [0.2, 0.25) is 0 Å². The number of aromatic nitrogens is 2. The lowest BCUT2D eigenvalue weighted by molar-refractivity contribution is 0.477. The van der Waals surface area contributed by atoms with E-state index in [4.69, 9.17) is 4.55 Å². The molecule has 0 fully saturated rings. The van der Waals surface area contributed by atoms with Crippen LogP contribution in [-0.2, 0) is 10.1 Å². The predicted molar refractivity (Wildman–Crippen MR) is 46.8 cm³/mol. The van der Waals surface area contributed by atoms with E-state index in [2.05, 4.69) is 9.97 Å². The van der Waals surface area contributed by atoms with Gasteiger partial charge in [0.15, 0.2) is 5.82 Å². The highest BCUT2D eigenvalue weighted by Gasteiger charge is 2.16. The van der Waals surface area contributed by atoms with Crippen LogP contribution >= 0.6 is 0 Å². The van der Waals surface area contributed by atoms with Gasteiger partial charge in [-0.05, 0) is 0 Å². The summed E-state index contributed by atoms with van der Waals surface area (Å²) in [6.45, 7) is 1.53. The second-order valence-corrected chi connectivity index (χ2v) is 4.41. The number of halogens is 1. The van der Waals surface area contributed by atoms with Crippen molar-refractivity contribution < 1.29 is 17.4 Å². The highest BCUT2D eigenvalue weighted by molar-refractivity contribution is 7.85. The summed E-state index contributed by atoms with van der Waals surface area (Å²) in [4.78, 5) is 7.20. The Bertz CT molecular complexity index is 403. The fraction of sp³-hybridized carbons (Fsp3) is 0.429. The molecule has 1 atom stereocenters. The lowest BCUT2D eigenvalue weighted by Gasteiger charge is -2.06. The van der Waals surface area contributed by atoms with Crippen molar-refractivity contribution in [1.29, 1.82) is 0 Å². The normalized spacial score (nSPS) is 13.9. The maximum absolute atomic E-state index is 12.4. The SMILES string of the molecule is CC(CS(=O)(=O)O)c1ncc(F)cn1. The molecule has 1 N–H and O–H groups in total. The standard InChI is InChI=1S/C7H9FN2O3S/c1-5(4-14(11,12)13)7-9-2-6(8)3-10-7/h2-3,5H,4H2,1H3,(H,11,12,13). The molecule has 0 aliphatic carbocycles. The van der Waals surface area contributed by atoms with Crippen molar-refractivity contribution in [2.75, 3.05) is 5.75 Å². The maximum atomic E-state index is 12.4. The van der Waals surface area contributed by atoms with Crippen molar-refractivity contribution in [3.63, 3.8) is 0 Å². The van der Waals surface area contributed by atoms with Crippen molar-refractivity contribution >= 4 is 10.1 Å². The first-order chi connectivity index (χ1) is 6.38. The van der Waals surface area contributed by atoms with Crippen LogP contribution in [-0.4, -0.2) is 28.7 Å². The molecule has 1 unspecified atom stereocenters. The van der Waals surface area contributed by atoms with Crippen LogP contribution in [0.2, 0.25) is 0 Å². The summed E-state index contributed by atoms with van der Waals surface area (Å²) in [5.41, 5.74) is 0. The Hall–Kier alpha value is -1.08. The van der Waals surface area contributed by atoms with Gasteiger partial charge in [-0.1, -0.05) is 6.92 Å². The minimum absolute atomic E-state index is 0.184. The average Bonchev–Trinajstić information content (AvgIpc) is 2.02. The number of rotatable bonds is 3. The Morgan fingerprint density at radius 3 is 2.43 bits per heavy atom. The third-order valence-electron chi connectivity index (χ3n) is 1.54. The molecule has 0 amide bonds. The van der Waals surface area contributed by atoms with Gasteiger partial charge in [0.25, 0.3) is 10.1 Å². The molecule has 14 heavy (non-hydrogen) atoms. The number of nitrogens with zero attached hydrogens (tertiary/aromatic N) is 2. The molecule has 1 heterocycles.